The number of carbonyl (C=O) groups excluding carboxylic acids is 1. The average Bonchev–Trinajstić information content (AvgIpc) is 3.74. The molecule has 2 aromatic carbocycles. The van der Waals surface area contributed by atoms with Crippen molar-refractivity contribution in [1.82, 2.24) is 29.1 Å². The van der Waals surface area contributed by atoms with Crippen LogP contribution in [0.2, 0.25) is 0 Å². The molecule has 214 valence electrons. The van der Waals surface area contributed by atoms with Gasteiger partial charge in [-0.25, -0.2) is 5.10 Å². The van der Waals surface area contributed by atoms with Gasteiger partial charge >= 0.3 is 4.87 Å². The number of aromatic nitrogens is 3. The molecule has 4 heterocycles. The van der Waals surface area contributed by atoms with Crippen molar-refractivity contribution in [2.24, 2.45) is 0 Å². The molecule has 2 aromatic heterocycles. The number of hydrogen-bond donors (Lipinski definition) is 2. The summed E-state index contributed by atoms with van der Waals surface area (Å²) in [4.78, 5) is 29.3. The lowest BCUT2D eigenvalue weighted by Gasteiger charge is -2.23. The number of carbonyl (C=O) groups is 1. The topological polar surface area (TPSA) is 138 Å². The molecule has 2 saturated heterocycles. The number of nitrogens with zero attached hydrogens (tertiary/aromatic N) is 4. The van der Waals surface area contributed by atoms with Crippen LogP contribution in [-0.4, -0.2) is 70.3 Å². The van der Waals surface area contributed by atoms with E-state index in [0.717, 1.165) is 46.3 Å². The summed E-state index contributed by atoms with van der Waals surface area (Å²) in [5.41, 5.74) is 3.26. The monoisotopic (exact) mass is 594 g/mol. The lowest BCUT2D eigenvalue weighted by Crippen LogP contribution is -2.44. The van der Waals surface area contributed by atoms with Gasteiger partial charge in [0.05, 0.1) is 11.6 Å². The average molecular weight is 595 g/mol. The van der Waals surface area contributed by atoms with Gasteiger partial charge in [0.15, 0.2) is 0 Å². The number of amides is 1. The number of ether oxygens (including phenoxy) is 1. The van der Waals surface area contributed by atoms with E-state index in [1.165, 1.54) is 8.61 Å². The van der Waals surface area contributed by atoms with Crippen molar-refractivity contribution in [3.8, 4) is 5.75 Å². The van der Waals surface area contributed by atoms with E-state index < -0.39 is 22.2 Å². The molecule has 11 nitrogen and oxygen atoms in total. The van der Waals surface area contributed by atoms with Crippen molar-refractivity contribution in [1.29, 1.82) is 0 Å². The summed E-state index contributed by atoms with van der Waals surface area (Å²) in [6, 6.07) is 16.2. The molecule has 2 aliphatic heterocycles. The molecule has 0 radical (unpaired) electrons. The Morgan fingerprint density at radius 3 is 2.59 bits per heavy atom. The van der Waals surface area contributed by atoms with Gasteiger partial charge in [0.25, 0.3) is 16.1 Å². The van der Waals surface area contributed by atoms with Crippen LogP contribution in [0.5, 0.6) is 5.75 Å². The molecule has 2 atom stereocenters. The van der Waals surface area contributed by atoms with Gasteiger partial charge in [-0.3, -0.25) is 14.6 Å². The zero-order valence-electron chi connectivity index (χ0n) is 22.4. The Bertz CT molecular complexity index is 1730. The maximum atomic E-state index is 13.2. The van der Waals surface area contributed by atoms with Gasteiger partial charge in [0.1, 0.15) is 17.4 Å². The first kappa shape index (κ1) is 27.5. The number of aromatic amines is 1. The fraction of sp³-hybridized carbons (Fsp3) is 0.357. The van der Waals surface area contributed by atoms with Gasteiger partial charge in [-0.2, -0.15) is 22.1 Å². The van der Waals surface area contributed by atoms with E-state index in [-0.39, 0.29) is 23.9 Å². The Labute approximate surface area is 241 Å². The van der Waals surface area contributed by atoms with Crippen LogP contribution in [0.15, 0.2) is 59.4 Å². The van der Waals surface area contributed by atoms with Gasteiger partial charge in [0.2, 0.25) is 0 Å². The SMILES string of the molecule is Cc1cc(COc2ccc(C(=O)NC3CN(S(=O)(=O)N4CCCC4)CC3c3n[nH]c(=O)s3)cc2)c2ccccc2n1. The first-order valence-corrected chi connectivity index (χ1v) is 15.7. The van der Waals surface area contributed by atoms with Crippen molar-refractivity contribution in [2.75, 3.05) is 26.2 Å². The number of fused-ring (bicyclic) bond motifs is 1. The molecule has 0 aliphatic carbocycles. The van der Waals surface area contributed by atoms with E-state index in [1.54, 1.807) is 24.3 Å². The van der Waals surface area contributed by atoms with Gasteiger partial charge in [-0.05, 0) is 56.2 Å². The molecule has 6 rings (SSSR count). The second-order valence-electron chi connectivity index (χ2n) is 10.3. The predicted octanol–water partition coefficient (Wildman–Crippen LogP) is 2.81. The number of benzene rings is 2. The predicted molar refractivity (Wildman–Crippen MR) is 155 cm³/mol. The minimum atomic E-state index is -3.67. The fourth-order valence-corrected chi connectivity index (χ4v) is 7.97. The molecule has 1 amide bonds. The van der Waals surface area contributed by atoms with Crippen LogP contribution in [-0.2, 0) is 16.8 Å². The quantitative estimate of drug-likeness (QED) is 0.320. The standard InChI is InChI=1S/C28H30N6O5S2/c1-18-14-20(22-6-2-3-7-24(22)29-18)17-39-21-10-8-19(9-11-21)26(35)30-25-16-34(41(37,38)33-12-4-5-13-33)15-23(25)27-31-32-28(36)40-27/h2-3,6-11,14,23,25H,4-5,12-13,15-17H2,1H3,(H,30,35)(H,32,36). The normalized spacial score (nSPS) is 20.0. The number of nitrogens with one attached hydrogen (secondary N) is 2. The van der Waals surface area contributed by atoms with E-state index in [4.69, 9.17) is 4.74 Å². The van der Waals surface area contributed by atoms with Crippen molar-refractivity contribution in [3.05, 3.63) is 86.1 Å². The highest BCUT2D eigenvalue weighted by Crippen LogP contribution is 2.31. The molecule has 4 aromatic rings. The molecule has 13 heteroatoms. The Morgan fingerprint density at radius 1 is 1.10 bits per heavy atom. The maximum absolute atomic E-state index is 13.2. The van der Waals surface area contributed by atoms with E-state index >= 15 is 0 Å². The summed E-state index contributed by atoms with van der Waals surface area (Å²) in [7, 11) is -3.67. The van der Waals surface area contributed by atoms with Crippen LogP contribution in [0.25, 0.3) is 10.9 Å². The summed E-state index contributed by atoms with van der Waals surface area (Å²) < 4.78 is 35.4. The van der Waals surface area contributed by atoms with Crippen LogP contribution in [0, 0.1) is 6.92 Å². The van der Waals surface area contributed by atoms with Gasteiger partial charge in [0, 0.05) is 54.3 Å². The second kappa shape index (κ2) is 11.3. The van der Waals surface area contributed by atoms with E-state index in [2.05, 4.69) is 20.5 Å². The summed E-state index contributed by atoms with van der Waals surface area (Å²) in [6.07, 6.45) is 1.66. The minimum absolute atomic E-state index is 0.101. The first-order chi connectivity index (χ1) is 19.8. The minimum Gasteiger partial charge on any atom is -0.489 e. The zero-order chi connectivity index (χ0) is 28.6. The number of pyridine rings is 1. The molecule has 2 fully saturated rings. The molecule has 41 heavy (non-hydrogen) atoms. The molecule has 2 N–H and O–H groups in total. The molecule has 0 bridgehead atoms. The number of hydrogen-bond acceptors (Lipinski definition) is 8. The third-order valence-corrected chi connectivity index (χ3v) is 10.4. The molecule has 2 unspecified atom stereocenters. The fourth-order valence-electron chi connectivity index (χ4n) is 5.46. The largest absolute Gasteiger partial charge is 0.489 e. The molecule has 2 aliphatic rings. The highest BCUT2D eigenvalue weighted by Gasteiger charge is 2.44. The molecule has 0 saturated carbocycles. The van der Waals surface area contributed by atoms with Crippen LogP contribution in [0.4, 0.5) is 0 Å². The van der Waals surface area contributed by atoms with Gasteiger partial charge < -0.3 is 10.1 Å². The summed E-state index contributed by atoms with van der Waals surface area (Å²) in [5, 5.41) is 11.0. The highest BCUT2D eigenvalue weighted by molar-refractivity contribution is 7.86. The summed E-state index contributed by atoms with van der Waals surface area (Å²) >= 11 is 0.934. The summed E-state index contributed by atoms with van der Waals surface area (Å²) in [5.74, 6) is -0.171. The Morgan fingerprint density at radius 2 is 1.85 bits per heavy atom. The third kappa shape index (κ3) is 5.75. The third-order valence-electron chi connectivity index (χ3n) is 7.53. The van der Waals surface area contributed by atoms with Crippen molar-refractivity contribution < 1.29 is 17.9 Å². The highest BCUT2D eigenvalue weighted by atomic mass is 32.2. The number of H-pyrrole nitrogens is 1. The lowest BCUT2D eigenvalue weighted by molar-refractivity contribution is 0.0936. The van der Waals surface area contributed by atoms with Crippen LogP contribution >= 0.6 is 11.3 Å². The molecule has 0 spiro atoms. The number of para-hydroxylation sites is 1. The molecular formula is C28H30N6O5S2. The Kier molecular flexibility index (Phi) is 7.60. The Balaban J connectivity index is 1.15. The van der Waals surface area contributed by atoms with Crippen LogP contribution in [0.3, 0.4) is 0 Å². The van der Waals surface area contributed by atoms with Gasteiger partial charge in [-0.15, -0.1) is 0 Å². The maximum Gasteiger partial charge on any atom is 0.322 e. The summed E-state index contributed by atoms with van der Waals surface area (Å²) in [6.45, 7) is 3.52. The first-order valence-electron chi connectivity index (χ1n) is 13.5. The smallest absolute Gasteiger partial charge is 0.322 e. The Hall–Kier alpha value is -3.65. The van der Waals surface area contributed by atoms with Crippen LogP contribution < -0.4 is 14.9 Å². The van der Waals surface area contributed by atoms with E-state index in [0.29, 0.717) is 36.0 Å². The zero-order valence-corrected chi connectivity index (χ0v) is 24.1. The van der Waals surface area contributed by atoms with Crippen molar-refractivity contribution in [2.45, 2.75) is 38.3 Å². The van der Waals surface area contributed by atoms with E-state index in [1.807, 2.05) is 37.3 Å². The van der Waals surface area contributed by atoms with Gasteiger partial charge in [-0.1, -0.05) is 29.5 Å². The van der Waals surface area contributed by atoms with E-state index in [9.17, 15) is 18.0 Å². The molecular weight excluding hydrogens is 564 g/mol. The lowest BCUT2D eigenvalue weighted by atomic mass is 10.0. The number of rotatable bonds is 8. The number of aryl methyl sites for hydroxylation is 1. The van der Waals surface area contributed by atoms with Crippen molar-refractivity contribution in [3.63, 3.8) is 0 Å². The second-order valence-corrected chi connectivity index (χ2v) is 13.2. The van der Waals surface area contributed by atoms with Crippen LogP contribution in [0.1, 0.15) is 45.4 Å². The van der Waals surface area contributed by atoms with Crippen molar-refractivity contribution >= 4 is 38.4 Å².